The molecule has 92 valence electrons. The maximum Gasteiger partial charge on any atom is 0.0852 e. The van der Waals surface area contributed by atoms with Gasteiger partial charge in [0.1, 0.15) is 0 Å². The van der Waals surface area contributed by atoms with Crippen LogP contribution in [-0.2, 0) is 6.42 Å². The van der Waals surface area contributed by atoms with Crippen LogP contribution in [0.15, 0.2) is 22.7 Å². The van der Waals surface area contributed by atoms with E-state index in [1.807, 2.05) is 12.1 Å². The van der Waals surface area contributed by atoms with Crippen molar-refractivity contribution in [2.24, 2.45) is 5.41 Å². The second kappa shape index (κ2) is 4.08. The smallest absolute Gasteiger partial charge is 0.0852 e. The fraction of sp³-hybridized carbons (Fsp3) is 0.571. The molecule has 2 nitrogen and oxygen atoms in total. The molecule has 1 saturated carbocycles. The standard InChI is InChI=1S/C14H17BrO2/c15-10-2-1-9-8-14(13(17)12(9)7-10)5-3-11(16)4-6-14/h1-2,7,11,13,16-17H,3-6,8H2/t11-,13?,14-. The Kier molecular flexibility index (Phi) is 2.80. The van der Waals surface area contributed by atoms with Crippen molar-refractivity contribution in [3.8, 4) is 0 Å². The topological polar surface area (TPSA) is 40.5 Å². The normalized spacial score (nSPS) is 36.2. The molecule has 1 aromatic rings. The summed E-state index contributed by atoms with van der Waals surface area (Å²) in [6, 6.07) is 6.20. The Morgan fingerprint density at radius 2 is 1.88 bits per heavy atom. The van der Waals surface area contributed by atoms with Gasteiger partial charge in [-0.1, -0.05) is 22.0 Å². The first kappa shape index (κ1) is 11.7. The summed E-state index contributed by atoms with van der Waals surface area (Å²) < 4.78 is 1.03. The van der Waals surface area contributed by atoms with E-state index in [4.69, 9.17) is 0 Å². The van der Waals surface area contributed by atoms with Crippen molar-refractivity contribution in [2.45, 2.75) is 44.3 Å². The third-order valence-corrected chi connectivity index (χ3v) is 4.97. The van der Waals surface area contributed by atoms with Gasteiger partial charge in [0.25, 0.3) is 0 Å². The molecule has 1 unspecified atom stereocenters. The monoisotopic (exact) mass is 296 g/mol. The van der Waals surface area contributed by atoms with Crippen LogP contribution in [0.4, 0.5) is 0 Å². The van der Waals surface area contributed by atoms with Crippen molar-refractivity contribution in [2.75, 3.05) is 0 Å². The maximum absolute atomic E-state index is 10.6. The maximum atomic E-state index is 10.6. The molecule has 2 aliphatic rings. The highest BCUT2D eigenvalue weighted by molar-refractivity contribution is 9.10. The second-order valence-electron chi connectivity index (χ2n) is 5.52. The molecule has 1 spiro atoms. The quantitative estimate of drug-likeness (QED) is 0.773. The van der Waals surface area contributed by atoms with Gasteiger partial charge < -0.3 is 10.2 Å². The van der Waals surface area contributed by atoms with Crippen molar-refractivity contribution in [3.63, 3.8) is 0 Å². The lowest BCUT2D eigenvalue weighted by atomic mass is 9.70. The van der Waals surface area contributed by atoms with Gasteiger partial charge >= 0.3 is 0 Å². The number of aliphatic hydroxyl groups excluding tert-OH is 2. The Hall–Kier alpha value is -0.380. The van der Waals surface area contributed by atoms with Gasteiger partial charge in [0.15, 0.2) is 0 Å². The third-order valence-electron chi connectivity index (χ3n) is 4.48. The molecule has 0 radical (unpaired) electrons. The van der Waals surface area contributed by atoms with Crippen LogP contribution in [0.1, 0.15) is 42.9 Å². The average Bonchev–Trinajstić information content (AvgIpc) is 2.58. The highest BCUT2D eigenvalue weighted by atomic mass is 79.9. The van der Waals surface area contributed by atoms with E-state index in [0.717, 1.165) is 42.1 Å². The van der Waals surface area contributed by atoms with Crippen molar-refractivity contribution < 1.29 is 10.2 Å². The van der Waals surface area contributed by atoms with Crippen molar-refractivity contribution in [1.82, 2.24) is 0 Å². The zero-order chi connectivity index (χ0) is 12.0. The zero-order valence-electron chi connectivity index (χ0n) is 9.69. The van der Waals surface area contributed by atoms with E-state index in [1.165, 1.54) is 5.56 Å². The van der Waals surface area contributed by atoms with E-state index in [9.17, 15) is 10.2 Å². The highest BCUT2D eigenvalue weighted by Gasteiger charge is 2.46. The van der Waals surface area contributed by atoms with E-state index < -0.39 is 0 Å². The molecule has 0 aliphatic heterocycles. The minimum atomic E-state index is -0.359. The van der Waals surface area contributed by atoms with Gasteiger partial charge in [-0.2, -0.15) is 0 Å². The molecule has 0 aromatic heterocycles. The number of aliphatic hydroxyl groups is 2. The van der Waals surface area contributed by atoms with Crippen LogP contribution in [0.2, 0.25) is 0 Å². The lowest BCUT2D eigenvalue weighted by Crippen LogP contribution is -2.33. The second-order valence-corrected chi connectivity index (χ2v) is 6.43. The molecule has 2 N–H and O–H groups in total. The number of hydrogen-bond donors (Lipinski definition) is 2. The molecule has 0 heterocycles. The molecule has 3 rings (SSSR count). The summed E-state index contributed by atoms with van der Waals surface area (Å²) in [5, 5.41) is 20.2. The summed E-state index contributed by atoms with van der Waals surface area (Å²) in [5.41, 5.74) is 2.34. The molecule has 0 bridgehead atoms. The SMILES string of the molecule is OC1c2cc(Br)ccc2C[C@]12CC[C@@H](O)CC2. The summed E-state index contributed by atoms with van der Waals surface area (Å²) in [6.45, 7) is 0. The first-order valence-electron chi connectivity index (χ1n) is 6.25. The summed E-state index contributed by atoms with van der Waals surface area (Å²) in [6.07, 6.45) is 3.95. The van der Waals surface area contributed by atoms with Crippen molar-refractivity contribution >= 4 is 15.9 Å². The molecular weight excluding hydrogens is 280 g/mol. The lowest BCUT2D eigenvalue weighted by molar-refractivity contribution is -0.0221. The van der Waals surface area contributed by atoms with Gasteiger partial charge in [0.2, 0.25) is 0 Å². The molecule has 1 aromatic carbocycles. The molecule has 17 heavy (non-hydrogen) atoms. The van der Waals surface area contributed by atoms with Crippen LogP contribution >= 0.6 is 15.9 Å². The van der Waals surface area contributed by atoms with E-state index in [1.54, 1.807) is 0 Å². The molecular formula is C14H17BrO2. The third kappa shape index (κ3) is 1.85. The first-order chi connectivity index (χ1) is 8.11. The van der Waals surface area contributed by atoms with Crippen LogP contribution in [0.5, 0.6) is 0 Å². The van der Waals surface area contributed by atoms with Crippen LogP contribution in [0.25, 0.3) is 0 Å². The number of rotatable bonds is 0. The van der Waals surface area contributed by atoms with Gasteiger partial charge in [0, 0.05) is 9.89 Å². The lowest BCUT2D eigenvalue weighted by Gasteiger charge is -2.38. The van der Waals surface area contributed by atoms with Gasteiger partial charge in [0.05, 0.1) is 12.2 Å². The Morgan fingerprint density at radius 1 is 1.18 bits per heavy atom. The van der Waals surface area contributed by atoms with Crippen LogP contribution < -0.4 is 0 Å². The van der Waals surface area contributed by atoms with Crippen molar-refractivity contribution in [1.29, 1.82) is 0 Å². The molecule has 2 aliphatic carbocycles. The molecule has 1 fully saturated rings. The Bertz CT molecular complexity index is 436. The molecule has 0 saturated heterocycles. The Morgan fingerprint density at radius 3 is 2.59 bits per heavy atom. The Balaban J connectivity index is 1.93. The first-order valence-corrected chi connectivity index (χ1v) is 7.04. The minimum Gasteiger partial charge on any atom is -0.393 e. The van der Waals surface area contributed by atoms with Gasteiger partial charge in [-0.25, -0.2) is 0 Å². The molecule has 1 atom stereocenters. The zero-order valence-corrected chi connectivity index (χ0v) is 11.3. The van der Waals surface area contributed by atoms with Gasteiger partial charge in [-0.3, -0.25) is 0 Å². The van der Waals surface area contributed by atoms with Gasteiger partial charge in [-0.15, -0.1) is 0 Å². The summed E-state index contributed by atoms with van der Waals surface area (Å²) >= 11 is 3.46. The average molecular weight is 297 g/mol. The van der Waals surface area contributed by atoms with Crippen LogP contribution in [0, 0.1) is 5.41 Å². The summed E-state index contributed by atoms with van der Waals surface area (Å²) in [4.78, 5) is 0. The van der Waals surface area contributed by atoms with E-state index >= 15 is 0 Å². The minimum absolute atomic E-state index is 0.0116. The fourth-order valence-corrected chi connectivity index (χ4v) is 3.79. The molecule has 3 heteroatoms. The predicted octanol–water partition coefficient (Wildman–Crippen LogP) is 2.96. The van der Waals surface area contributed by atoms with Crippen molar-refractivity contribution in [3.05, 3.63) is 33.8 Å². The van der Waals surface area contributed by atoms with E-state index in [-0.39, 0.29) is 17.6 Å². The van der Waals surface area contributed by atoms with Crippen LogP contribution in [0.3, 0.4) is 0 Å². The number of benzene rings is 1. The van der Waals surface area contributed by atoms with Gasteiger partial charge in [-0.05, 0) is 55.4 Å². The number of fused-ring (bicyclic) bond motifs is 1. The van der Waals surface area contributed by atoms with E-state index in [0.29, 0.717) is 0 Å². The summed E-state index contributed by atoms with van der Waals surface area (Å²) in [7, 11) is 0. The number of hydrogen-bond acceptors (Lipinski definition) is 2. The Labute approximate surface area is 110 Å². The van der Waals surface area contributed by atoms with Crippen LogP contribution in [-0.4, -0.2) is 16.3 Å². The van der Waals surface area contributed by atoms with E-state index in [2.05, 4.69) is 22.0 Å². The highest BCUT2D eigenvalue weighted by Crippen LogP contribution is 2.54. The predicted molar refractivity (Wildman–Crippen MR) is 69.7 cm³/mol. The molecule has 0 amide bonds. The largest absolute Gasteiger partial charge is 0.393 e. The number of halogens is 1. The summed E-state index contributed by atoms with van der Waals surface area (Å²) in [5.74, 6) is 0. The fourth-order valence-electron chi connectivity index (χ4n) is 3.41.